The summed E-state index contributed by atoms with van der Waals surface area (Å²) < 4.78 is 26.8. The summed E-state index contributed by atoms with van der Waals surface area (Å²) >= 11 is 4.89. The summed E-state index contributed by atoms with van der Waals surface area (Å²) in [4.78, 5) is 1.41. The Labute approximate surface area is 131 Å². The van der Waals surface area contributed by atoms with Crippen molar-refractivity contribution in [3.63, 3.8) is 0 Å². The third-order valence-corrected chi connectivity index (χ3v) is 6.67. The number of nitrogens with two attached hydrogens (primary N) is 1. The molecule has 0 spiro atoms. The van der Waals surface area contributed by atoms with Gasteiger partial charge in [-0.1, -0.05) is 6.07 Å². The van der Waals surface area contributed by atoms with Crippen LogP contribution in [-0.4, -0.2) is 26.3 Å². The van der Waals surface area contributed by atoms with Crippen molar-refractivity contribution in [3.8, 4) is 0 Å². The van der Waals surface area contributed by atoms with E-state index in [1.54, 1.807) is 30.5 Å². The van der Waals surface area contributed by atoms with Crippen LogP contribution in [0.3, 0.4) is 0 Å². The zero-order chi connectivity index (χ0) is 14.8. The second-order valence-electron chi connectivity index (χ2n) is 4.35. The molecule has 0 bridgehead atoms. The summed E-state index contributed by atoms with van der Waals surface area (Å²) in [5.41, 5.74) is 6.16. The fraction of sp³-hybridized carbons (Fsp3) is 0.231. The van der Waals surface area contributed by atoms with Crippen molar-refractivity contribution in [2.75, 3.05) is 19.3 Å². The van der Waals surface area contributed by atoms with Crippen molar-refractivity contribution in [2.24, 2.45) is 0 Å². The number of nitrogen functional groups attached to an aromatic ring is 1. The molecule has 0 saturated carbocycles. The molecule has 0 fully saturated rings. The van der Waals surface area contributed by atoms with E-state index >= 15 is 0 Å². The molecule has 0 amide bonds. The van der Waals surface area contributed by atoms with Crippen molar-refractivity contribution in [1.82, 2.24) is 4.31 Å². The van der Waals surface area contributed by atoms with Crippen LogP contribution in [0, 0.1) is 0 Å². The fourth-order valence-electron chi connectivity index (χ4n) is 1.74. The third-order valence-electron chi connectivity index (χ3n) is 2.90. The van der Waals surface area contributed by atoms with Gasteiger partial charge in [-0.15, -0.1) is 11.3 Å². The van der Waals surface area contributed by atoms with E-state index in [1.165, 1.54) is 15.2 Å². The van der Waals surface area contributed by atoms with Crippen molar-refractivity contribution >= 4 is 43.0 Å². The van der Waals surface area contributed by atoms with Crippen LogP contribution < -0.4 is 5.73 Å². The van der Waals surface area contributed by atoms with E-state index in [-0.39, 0.29) is 4.90 Å². The lowest BCUT2D eigenvalue weighted by Crippen LogP contribution is -2.29. The van der Waals surface area contributed by atoms with Crippen LogP contribution in [0.1, 0.15) is 4.88 Å². The molecule has 4 nitrogen and oxygen atoms in total. The Kier molecular flexibility index (Phi) is 4.85. The molecule has 108 valence electrons. The van der Waals surface area contributed by atoms with E-state index in [0.29, 0.717) is 23.1 Å². The number of sulfonamides is 1. The predicted octanol–water partition coefficient (Wildman–Crippen LogP) is 2.96. The zero-order valence-electron chi connectivity index (χ0n) is 10.9. The fourth-order valence-corrected chi connectivity index (χ4v) is 4.66. The quantitative estimate of drug-likeness (QED) is 0.818. The summed E-state index contributed by atoms with van der Waals surface area (Å²) in [6, 6.07) is 8.68. The maximum atomic E-state index is 12.5. The van der Waals surface area contributed by atoms with Crippen molar-refractivity contribution in [3.05, 3.63) is 45.1 Å². The van der Waals surface area contributed by atoms with E-state index in [0.717, 1.165) is 0 Å². The van der Waals surface area contributed by atoms with Crippen molar-refractivity contribution in [1.29, 1.82) is 0 Å². The number of likely N-dealkylation sites (N-methyl/N-ethyl adjacent to an activating group) is 1. The van der Waals surface area contributed by atoms with Crippen molar-refractivity contribution < 1.29 is 8.42 Å². The number of rotatable bonds is 5. The van der Waals surface area contributed by atoms with Crippen LogP contribution in [0.5, 0.6) is 0 Å². The van der Waals surface area contributed by atoms with Crippen molar-refractivity contribution in [2.45, 2.75) is 11.3 Å². The highest BCUT2D eigenvalue weighted by molar-refractivity contribution is 9.10. The number of hydrogen-bond acceptors (Lipinski definition) is 4. The Bertz CT molecular complexity index is 684. The van der Waals surface area contributed by atoms with Crippen LogP contribution in [0.2, 0.25) is 0 Å². The van der Waals surface area contributed by atoms with Crippen LogP contribution >= 0.6 is 27.3 Å². The first-order chi connectivity index (χ1) is 9.41. The molecular formula is C13H15BrN2O2S2. The topological polar surface area (TPSA) is 63.4 Å². The molecule has 0 aliphatic heterocycles. The van der Waals surface area contributed by atoms with Crippen LogP contribution in [0.25, 0.3) is 0 Å². The predicted molar refractivity (Wildman–Crippen MR) is 86.4 cm³/mol. The first-order valence-electron chi connectivity index (χ1n) is 5.95. The molecule has 1 heterocycles. The summed E-state index contributed by atoms with van der Waals surface area (Å²) in [6.07, 6.45) is 0.708. The summed E-state index contributed by atoms with van der Waals surface area (Å²) in [5.74, 6) is 0. The molecule has 7 heteroatoms. The molecule has 20 heavy (non-hydrogen) atoms. The Morgan fingerprint density at radius 2 is 2.10 bits per heavy atom. The van der Waals surface area contributed by atoms with Gasteiger partial charge in [-0.25, -0.2) is 12.7 Å². The summed E-state index contributed by atoms with van der Waals surface area (Å²) in [5, 5.41) is 1.99. The monoisotopic (exact) mass is 374 g/mol. The molecule has 0 aliphatic carbocycles. The average molecular weight is 375 g/mol. The molecule has 1 aromatic heterocycles. The largest absolute Gasteiger partial charge is 0.399 e. The Morgan fingerprint density at radius 1 is 1.35 bits per heavy atom. The number of thiophene rings is 1. The Hall–Kier alpha value is -0.890. The highest BCUT2D eigenvalue weighted by atomic mass is 79.9. The third kappa shape index (κ3) is 3.41. The maximum absolute atomic E-state index is 12.5. The van der Waals surface area contributed by atoms with Crippen LogP contribution in [0.15, 0.2) is 45.1 Å². The SMILES string of the molecule is CN(CCc1cccs1)S(=O)(=O)c1ccc(N)cc1Br. The van der Waals surface area contributed by atoms with Crippen LogP contribution in [0.4, 0.5) is 5.69 Å². The van der Waals surface area contributed by atoms with Gasteiger partial charge in [0.25, 0.3) is 0 Å². The van der Waals surface area contributed by atoms with Gasteiger partial charge >= 0.3 is 0 Å². The first-order valence-corrected chi connectivity index (χ1v) is 9.06. The van der Waals surface area contributed by atoms with E-state index < -0.39 is 10.0 Å². The lowest BCUT2D eigenvalue weighted by Gasteiger charge is -2.18. The smallest absolute Gasteiger partial charge is 0.243 e. The van der Waals surface area contributed by atoms with E-state index in [4.69, 9.17) is 5.73 Å². The highest BCUT2D eigenvalue weighted by Gasteiger charge is 2.23. The van der Waals surface area contributed by atoms with E-state index in [2.05, 4.69) is 15.9 Å². The van der Waals surface area contributed by atoms with E-state index in [9.17, 15) is 8.42 Å². The van der Waals surface area contributed by atoms with Crippen LogP contribution in [-0.2, 0) is 16.4 Å². The minimum Gasteiger partial charge on any atom is -0.399 e. The zero-order valence-corrected chi connectivity index (χ0v) is 14.1. The minimum absolute atomic E-state index is 0.236. The normalized spacial score (nSPS) is 11.9. The lowest BCUT2D eigenvalue weighted by molar-refractivity contribution is 0.473. The molecule has 0 aliphatic rings. The summed E-state index contributed by atoms with van der Waals surface area (Å²) in [7, 11) is -1.92. The molecule has 0 radical (unpaired) electrons. The van der Waals surface area contributed by atoms with Gasteiger partial charge in [-0.3, -0.25) is 0 Å². The first kappa shape index (κ1) is 15.5. The number of nitrogens with zero attached hydrogens (tertiary/aromatic N) is 1. The number of halogens is 1. The second kappa shape index (κ2) is 6.26. The molecular weight excluding hydrogens is 360 g/mol. The molecule has 2 rings (SSSR count). The Morgan fingerprint density at radius 3 is 2.70 bits per heavy atom. The number of hydrogen-bond donors (Lipinski definition) is 1. The van der Waals surface area contributed by atoms with Gasteiger partial charge in [-0.2, -0.15) is 0 Å². The lowest BCUT2D eigenvalue weighted by atomic mass is 10.3. The van der Waals surface area contributed by atoms with Gasteiger partial charge < -0.3 is 5.73 Å². The summed E-state index contributed by atoms with van der Waals surface area (Å²) in [6.45, 7) is 0.444. The van der Waals surface area contributed by atoms with Gasteiger partial charge in [0, 0.05) is 28.6 Å². The molecule has 0 unspecified atom stereocenters. The highest BCUT2D eigenvalue weighted by Crippen LogP contribution is 2.26. The standard InChI is InChI=1S/C13H15BrN2O2S2/c1-16(7-6-11-3-2-8-19-11)20(17,18)13-5-4-10(15)9-12(13)14/h2-5,8-9H,6-7,15H2,1H3. The minimum atomic E-state index is -3.50. The van der Waals surface area contributed by atoms with Gasteiger partial charge in [0.2, 0.25) is 10.0 Å². The molecule has 0 saturated heterocycles. The molecule has 1 aromatic carbocycles. The number of anilines is 1. The van der Waals surface area contributed by atoms with Gasteiger partial charge in [0.05, 0.1) is 4.90 Å². The van der Waals surface area contributed by atoms with Gasteiger partial charge in [0.1, 0.15) is 0 Å². The second-order valence-corrected chi connectivity index (χ2v) is 8.25. The van der Waals surface area contributed by atoms with E-state index in [1.807, 2.05) is 17.5 Å². The van der Waals surface area contributed by atoms with Gasteiger partial charge in [0.15, 0.2) is 0 Å². The Balaban J connectivity index is 2.16. The molecule has 2 N–H and O–H groups in total. The maximum Gasteiger partial charge on any atom is 0.243 e. The molecule has 0 atom stereocenters. The molecule has 2 aromatic rings. The van der Waals surface area contributed by atoms with Gasteiger partial charge in [-0.05, 0) is 52.0 Å². The average Bonchev–Trinajstić information content (AvgIpc) is 2.88. The number of benzene rings is 1.